The van der Waals surface area contributed by atoms with Crippen molar-refractivity contribution in [2.75, 3.05) is 12.3 Å². The van der Waals surface area contributed by atoms with Gasteiger partial charge in [-0.3, -0.25) is 4.79 Å². The van der Waals surface area contributed by atoms with Crippen LogP contribution in [0.15, 0.2) is 33.6 Å². The lowest BCUT2D eigenvalue weighted by atomic mass is 10.2. The fraction of sp³-hybridized carbons (Fsp3) is 0.143. The Morgan fingerprint density at radius 1 is 1.43 bits per heavy atom. The number of fused-ring (bicyclic) bond motifs is 1. The lowest BCUT2D eigenvalue weighted by molar-refractivity contribution is 0.0959. The summed E-state index contributed by atoms with van der Waals surface area (Å²) in [5.41, 5.74) is 9.41. The second-order valence-corrected chi connectivity index (χ2v) is 7.16. The van der Waals surface area contributed by atoms with Crippen LogP contribution in [-0.4, -0.2) is 17.4 Å². The van der Waals surface area contributed by atoms with E-state index in [9.17, 15) is 4.79 Å². The molecule has 1 amide bonds. The van der Waals surface area contributed by atoms with Gasteiger partial charge in [-0.2, -0.15) is 0 Å². The van der Waals surface area contributed by atoms with E-state index in [4.69, 9.17) is 5.73 Å². The number of nitrogens with two attached hydrogens (primary N) is 1. The summed E-state index contributed by atoms with van der Waals surface area (Å²) in [7, 11) is 0. The molecule has 0 spiro atoms. The van der Waals surface area contributed by atoms with Crippen LogP contribution in [0.4, 0.5) is 5.69 Å². The van der Waals surface area contributed by atoms with Crippen LogP contribution in [0.5, 0.6) is 0 Å². The van der Waals surface area contributed by atoms with Gasteiger partial charge in [-0.25, -0.2) is 4.98 Å². The third kappa shape index (κ3) is 3.09. The van der Waals surface area contributed by atoms with Crippen molar-refractivity contribution >= 4 is 60.3 Å². The van der Waals surface area contributed by atoms with Gasteiger partial charge in [-0.1, -0.05) is 22.0 Å². The van der Waals surface area contributed by atoms with Gasteiger partial charge >= 0.3 is 0 Å². The molecule has 4 nitrogen and oxygen atoms in total. The fourth-order valence-electron chi connectivity index (χ4n) is 2.00. The van der Waals surface area contributed by atoms with Crippen molar-refractivity contribution < 1.29 is 4.79 Å². The Labute approximate surface area is 138 Å². The molecule has 0 fully saturated rings. The molecule has 0 radical (unpaired) electrons. The number of carbonyl (C=O) groups excluding carboxylic acids is 1. The summed E-state index contributed by atoms with van der Waals surface area (Å²) in [6.07, 6.45) is 0.728. The first kappa shape index (κ1) is 14.5. The van der Waals surface area contributed by atoms with Gasteiger partial charge in [-0.05, 0) is 12.1 Å². The molecular formula is C14H12BrN3OS2. The number of anilines is 1. The van der Waals surface area contributed by atoms with Crippen molar-refractivity contribution in [3.63, 3.8) is 0 Å². The van der Waals surface area contributed by atoms with Crippen LogP contribution in [-0.2, 0) is 6.42 Å². The minimum absolute atomic E-state index is 0.125. The van der Waals surface area contributed by atoms with Gasteiger partial charge in [-0.15, -0.1) is 22.7 Å². The van der Waals surface area contributed by atoms with Crippen molar-refractivity contribution in [1.82, 2.24) is 10.3 Å². The number of carbonyl (C=O) groups is 1. The molecule has 0 aliphatic heterocycles. The number of rotatable bonds is 4. The minimum atomic E-state index is -0.125. The zero-order valence-corrected chi connectivity index (χ0v) is 14.1. The highest BCUT2D eigenvalue weighted by molar-refractivity contribution is 9.10. The first-order valence-corrected chi connectivity index (χ1v) is 8.83. The van der Waals surface area contributed by atoms with E-state index in [1.54, 1.807) is 16.8 Å². The number of nitrogens with one attached hydrogen (secondary N) is 1. The smallest absolute Gasteiger partial charge is 0.263 e. The lowest BCUT2D eigenvalue weighted by Crippen LogP contribution is -2.25. The molecular weight excluding hydrogens is 370 g/mol. The minimum Gasteiger partial charge on any atom is -0.397 e. The van der Waals surface area contributed by atoms with Gasteiger partial charge in [0.15, 0.2) is 0 Å². The largest absolute Gasteiger partial charge is 0.397 e. The highest BCUT2D eigenvalue weighted by Gasteiger charge is 2.16. The molecule has 0 aliphatic rings. The molecule has 0 unspecified atom stereocenters. The van der Waals surface area contributed by atoms with Crippen molar-refractivity contribution in [1.29, 1.82) is 0 Å². The quantitative estimate of drug-likeness (QED) is 0.724. The topological polar surface area (TPSA) is 68.0 Å². The Hall–Kier alpha value is -1.44. The van der Waals surface area contributed by atoms with Crippen molar-refractivity contribution in [2.45, 2.75) is 6.42 Å². The van der Waals surface area contributed by atoms with Gasteiger partial charge in [0.05, 0.1) is 16.9 Å². The molecule has 108 valence electrons. The molecule has 3 aromatic rings. The predicted octanol–water partition coefficient (Wildman–Crippen LogP) is 3.68. The first-order chi connectivity index (χ1) is 10.1. The summed E-state index contributed by atoms with van der Waals surface area (Å²) < 4.78 is 1.98. The Morgan fingerprint density at radius 3 is 3.05 bits per heavy atom. The van der Waals surface area contributed by atoms with Gasteiger partial charge in [0.2, 0.25) is 0 Å². The second-order valence-electron chi connectivity index (χ2n) is 4.47. The number of thiazole rings is 1. The zero-order chi connectivity index (χ0) is 14.8. The zero-order valence-electron chi connectivity index (χ0n) is 10.9. The number of hydrogen-bond acceptors (Lipinski definition) is 5. The third-order valence-electron chi connectivity index (χ3n) is 3.05. The summed E-state index contributed by atoms with van der Waals surface area (Å²) in [4.78, 5) is 17.0. The molecule has 1 aromatic carbocycles. The molecule has 2 heterocycles. The number of halogens is 1. The summed E-state index contributed by atoms with van der Waals surface area (Å²) in [6, 6.07) is 5.83. The molecule has 0 bridgehead atoms. The van der Waals surface area contributed by atoms with E-state index in [0.717, 1.165) is 26.7 Å². The van der Waals surface area contributed by atoms with E-state index in [2.05, 4.69) is 26.2 Å². The second kappa shape index (κ2) is 6.13. The van der Waals surface area contributed by atoms with E-state index < -0.39 is 0 Å². The number of thiophene rings is 1. The first-order valence-electron chi connectivity index (χ1n) is 6.28. The number of hydrogen-bond donors (Lipinski definition) is 2. The summed E-state index contributed by atoms with van der Waals surface area (Å²) in [5, 5.41) is 5.81. The fourth-order valence-corrected chi connectivity index (χ4v) is 4.19. The van der Waals surface area contributed by atoms with Crippen LogP contribution in [0.25, 0.3) is 10.1 Å². The summed E-state index contributed by atoms with van der Waals surface area (Å²) >= 11 is 6.40. The number of aromatic nitrogens is 1. The van der Waals surface area contributed by atoms with Gasteiger partial charge in [0, 0.05) is 32.9 Å². The van der Waals surface area contributed by atoms with Crippen LogP contribution in [0, 0.1) is 0 Å². The molecule has 3 N–H and O–H groups in total. The van der Waals surface area contributed by atoms with E-state index in [-0.39, 0.29) is 5.91 Å². The predicted molar refractivity (Wildman–Crippen MR) is 92.1 cm³/mol. The maximum atomic E-state index is 12.2. The Morgan fingerprint density at radius 2 is 2.29 bits per heavy atom. The monoisotopic (exact) mass is 381 g/mol. The van der Waals surface area contributed by atoms with E-state index in [1.165, 1.54) is 11.3 Å². The van der Waals surface area contributed by atoms with Crippen LogP contribution in [0.3, 0.4) is 0 Å². The average Bonchev–Trinajstić information content (AvgIpc) is 3.07. The average molecular weight is 382 g/mol. The molecule has 21 heavy (non-hydrogen) atoms. The highest BCUT2D eigenvalue weighted by Crippen LogP contribution is 2.35. The maximum Gasteiger partial charge on any atom is 0.263 e. The third-order valence-corrected chi connectivity index (χ3v) is 5.34. The highest BCUT2D eigenvalue weighted by atomic mass is 79.9. The number of nitrogens with zero attached hydrogens (tertiary/aromatic N) is 1. The maximum absolute atomic E-state index is 12.2. The Kier molecular flexibility index (Phi) is 4.23. The van der Waals surface area contributed by atoms with Gasteiger partial charge in [0.1, 0.15) is 4.88 Å². The molecule has 0 saturated heterocycles. The van der Waals surface area contributed by atoms with Crippen molar-refractivity contribution in [3.8, 4) is 0 Å². The van der Waals surface area contributed by atoms with Gasteiger partial charge < -0.3 is 11.1 Å². The standard InChI is InChI=1S/C14H12BrN3OS2/c15-8-1-2-10-11(5-8)21-13(12(10)16)14(19)17-4-3-9-6-20-7-18-9/h1-2,5-7H,3-4,16H2,(H,17,19). The van der Waals surface area contributed by atoms with E-state index in [1.807, 2.05) is 23.6 Å². The van der Waals surface area contributed by atoms with Crippen LogP contribution >= 0.6 is 38.6 Å². The molecule has 0 saturated carbocycles. The van der Waals surface area contributed by atoms with Crippen LogP contribution < -0.4 is 11.1 Å². The summed E-state index contributed by atoms with van der Waals surface area (Å²) in [5.74, 6) is -0.125. The van der Waals surface area contributed by atoms with Crippen molar-refractivity contribution in [3.05, 3.63) is 44.1 Å². The molecule has 0 atom stereocenters. The molecule has 0 aliphatic carbocycles. The van der Waals surface area contributed by atoms with Gasteiger partial charge in [0.25, 0.3) is 5.91 Å². The SMILES string of the molecule is Nc1c(C(=O)NCCc2cscn2)sc2cc(Br)ccc12. The normalized spacial score (nSPS) is 10.9. The van der Waals surface area contributed by atoms with Crippen LogP contribution in [0.2, 0.25) is 0 Å². The molecule has 7 heteroatoms. The number of benzene rings is 1. The van der Waals surface area contributed by atoms with Crippen LogP contribution in [0.1, 0.15) is 15.4 Å². The van der Waals surface area contributed by atoms with E-state index >= 15 is 0 Å². The van der Waals surface area contributed by atoms with E-state index in [0.29, 0.717) is 17.1 Å². The summed E-state index contributed by atoms with van der Waals surface area (Å²) in [6.45, 7) is 0.556. The lowest BCUT2D eigenvalue weighted by Gasteiger charge is -2.02. The molecule has 3 rings (SSSR count). The Bertz CT molecular complexity index is 783. The number of amides is 1. The molecule has 2 aromatic heterocycles. The Balaban J connectivity index is 1.73. The van der Waals surface area contributed by atoms with Crippen molar-refractivity contribution in [2.24, 2.45) is 0 Å². The number of nitrogen functional groups attached to an aromatic ring is 1.